The third-order valence-corrected chi connectivity index (χ3v) is 7.84. The number of ether oxygens (including phenoxy) is 1. The Kier molecular flexibility index (Phi) is 8.18. The minimum Gasteiger partial charge on any atom is -0.388 e. The number of hydrogen-bond donors (Lipinski definition) is 1. The number of pyridine rings is 1. The molecule has 4 aromatic rings. The Hall–Kier alpha value is -3.92. The van der Waals surface area contributed by atoms with Crippen molar-refractivity contribution in [3.05, 3.63) is 89.9 Å². The van der Waals surface area contributed by atoms with E-state index in [1.807, 2.05) is 26.0 Å². The molecule has 2 aliphatic rings. The molecule has 0 unspecified atom stereocenters. The number of hydrogen-bond acceptors (Lipinski definition) is 8. The van der Waals surface area contributed by atoms with Gasteiger partial charge < -0.3 is 14.7 Å². The summed E-state index contributed by atoms with van der Waals surface area (Å²) in [5.41, 5.74) is 8.62. The summed E-state index contributed by atoms with van der Waals surface area (Å²) >= 11 is 0. The Morgan fingerprint density at radius 1 is 1.10 bits per heavy atom. The molecule has 2 aromatic carbocycles. The van der Waals surface area contributed by atoms with Crippen molar-refractivity contribution in [2.45, 2.75) is 51.5 Å². The van der Waals surface area contributed by atoms with E-state index in [1.165, 1.54) is 22.4 Å². The van der Waals surface area contributed by atoms with E-state index in [9.17, 15) is 5.11 Å². The van der Waals surface area contributed by atoms with Gasteiger partial charge in [-0.2, -0.15) is 0 Å². The summed E-state index contributed by atoms with van der Waals surface area (Å²) in [5.74, 6) is 0. The predicted molar refractivity (Wildman–Crippen MR) is 157 cm³/mol. The fourth-order valence-corrected chi connectivity index (χ4v) is 5.39. The van der Waals surface area contributed by atoms with Crippen LogP contribution in [0, 0.1) is 0 Å². The van der Waals surface area contributed by atoms with Gasteiger partial charge in [-0.3, -0.25) is 9.88 Å². The molecule has 41 heavy (non-hydrogen) atoms. The summed E-state index contributed by atoms with van der Waals surface area (Å²) in [6.45, 7) is 7.35. The minimum absolute atomic E-state index is 0.215. The average Bonchev–Trinajstić information content (AvgIpc) is 3.68. The molecule has 0 radical (unpaired) electrons. The first-order chi connectivity index (χ1) is 20.0. The van der Waals surface area contributed by atoms with Crippen LogP contribution in [0.4, 0.5) is 0 Å². The molecular weight excluding hydrogens is 516 g/mol. The van der Waals surface area contributed by atoms with E-state index >= 15 is 0 Å². The van der Waals surface area contributed by atoms with Crippen molar-refractivity contribution in [2.75, 3.05) is 26.3 Å². The van der Waals surface area contributed by atoms with Crippen LogP contribution in [0.1, 0.15) is 49.4 Å². The topological polar surface area (TPSA) is 97.9 Å². The Labute approximate surface area is 240 Å². The quantitative estimate of drug-likeness (QED) is 0.234. The average molecular weight is 553 g/mol. The lowest BCUT2D eigenvalue weighted by molar-refractivity contribution is 0.0683. The van der Waals surface area contributed by atoms with E-state index in [-0.39, 0.29) is 12.1 Å². The van der Waals surface area contributed by atoms with Crippen molar-refractivity contribution < 1.29 is 14.7 Å². The molecule has 9 heteroatoms. The Morgan fingerprint density at radius 2 is 1.85 bits per heavy atom. The normalized spacial score (nSPS) is 20.1. The fourth-order valence-electron chi connectivity index (χ4n) is 5.39. The van der Waals surface area contributed by atoms with Gasteiger partial charge in [0.15, 0.2) is 6.10 Å². The van der Waals surface area contributed by atoms with E-state index < -0.39 is 6.10 Å². The summed E-state index contributed by atoms with van der Waals surface area (Å²) < 4.78 is 6.97. The maximum absolute atomic E-state index is 10.0. The molecule has 212 valence electrons. The largest absolute Gasteiger partial charge is 0.388 e. The molecule has 0 bridgehead atoms. The molecule has 1 saturated heterocycles. The van der Waals surface area contributed by atoms with Crippen molar-refractivity contribution in [3.63, 3.8) is 0 Å². The molecule has 2 aromatic heterocycles. The van der Waals surface area contributed by atoms with Crippen LogP contribution < -0.4 is 0 Å². The summed E-state index contributed by atoms with van der Waals surface area (Å²) in [4.78, 5) is 13.4. The highest BCUT2D eigenvalue weighted by Crippen LogP contribution is 2.34. The monoisotopic (exact) mass is 552 g/mol. The first-order valence-electron chi connectivity index (χ1n) is 14.3. The van der Waals surface area contributed by atoms with Gasteiger partial charge in [-0.25, -0.2) is 4.68 Å². The highest BCUT2D eigenvalue weighted by atomic mass is 16.6. The van der Waals surface area contributed by atoms with Crippen LogP contribution in [0.2, 0.25) is 0 Å². The van der Waals surface area contributed by atoms with Crippen LogP contribution in [0.3, 0.4) is 0 Å². The predicted octanol–water partition coefficient (Wildman–Crippen LogP) is 4.84. The first kappa shape index (κ1) is 27.3. The van der Waals surface area contributed by atoms with Crippen LogP contribution in [0.15, 0.2) is 78.1 Å². The zero-order chi connectivity index (χ0) is 28.2. The number of aliphatic hydroxyl groups excluding tert-OH is 1. The maximum atomic E-state index is 10.0. The smallest absolute Gasteiger partial charge is 0.169 e. The van der Waals surface area contributed by atoms with Crippen molar-refractivity contribution >= 4 is 5.71 Å². The molecule has 1 N–H and O–H groups in total. The zero-order valence-corrected chi connectivity index (χ0v) is 23.6. The van der Waals surface area contributed by atoms with Gasteiger partial charge in [0, 0.05) is 49.3 Å². The van der Waals surface area contributed by atoms with Crippen LogP contribution in [-0.4, -0.2) is 68.1 Å². The van der Waals surface area contributed by atoms with Crippen molar-refractivity contribution in [3.8, 4) is 22.4 Å². The lowest BCUT2D eigenvalue weighted by Crippen LogP contribution is -2.32. The number of aromatic nitrogens is 4. The Balaban J connectivity index is 1.09. The number of nitrogens with zero attached hydrogens (tertiary/aromatic N) is 6. The summed E-state index contributed by atoms with van der Waals surface area (Å²) in [7, 11) is 0. The lowest BCUT2D eigenvalue weighted by Gasteiger charge is -2.29. The van der Waals surface area contributed by atoms with Crippen LogP contribution in [-0.2, 0) is 22.5 Å². The van der Waals surface area contributed by atoms with Crippen LogP contribution in [0.5, 0.6) is 0 Å². The molecule has 1 fully saturated rings. The van der Waals surface area contributed by atoms with Gasteiger partial charge in [0.1, 0.15) is 17.8 Å². The molecule has 4 heterocycles. The highest BCUT2D eigenvalue weighted by Gasteiger charge is 2.29. The van der Waals surface area contributed by atoms with Gasteiger partial charge >= 0.3 is 0 Å². The second kappa shape index (κ2) is 12.3. The van der Waals surface area contributed by atoms with Crippen molar-refractivity contribution in [1.82, 2.24) is 24.9 Å². The van der Waals surface area contributed by atoms with Gasteiger partial charge in [0.05, 0.1) is 30.8 Å². The molecule has 0 aliphatic carbocycles. The summed E-state index contributed by atoms with van der Waals surface area (Å²) in [6, 6.07) is 23.1. The van der Waals surface area contributed by atoms with Crippen molar-refractivity contribution in [2.24, 2.45) is 5.16 Å². The lowest BCUT2D eigenvalue weighted by atomic mass is 9.94. The standard InChI is InChI=1S/C32H36N6O3/c1-22(35-41-23(2)29-19-38(36-34-29)30-20-40-21-31(30)39)13-15-37-16-14-28-26(18-37)17-27(24-9-5-3-6-10-24)32(33-28)25-11-7-4-8-12-25/h3-12,17,19,23,30-31,39H,13-16,18,20-21H2,1-2H3/b35-22+/t23-,30-,31-/m1/s1. The fraction of sp³-hybridized carbons (Fsp3) is 0.375. The highest BCUT2D eigenvalue weighted by molar-refractivity contribution is 5.82. The minimum atomic E-state index is -0.575. The van der Waals surface area contributed by atoms with Crippen LogP contribution >= 0.6 is 0 Å². The zero-order valence-electron chi connectivity index (χ0n) is 23.6. The SMILES string of the molecule is C/C(CCN1CCc2nc(-c3ccccc3)c(-c3ccccc3)cc2C1)=N\O[C@H](C)c1cn([C@@H]2COC[C@H]2O)nn1. The summed E-state index contributed by atoms with van der Waals surface area (Å²) in [6.07, 6.45) is 2.60. The van der Waals surface area contributed by atoms with Gasteiger partial charge in [-0.05, 0) is 31.0 Å². The van der Waals surface area contributed by atoms with Gasteiger partial charge in [-0.15, -0.1) is 5.10 Å². The van der Waals surface area contributed by atoms with Crippen LogP contribution in [0.25, 0.3) is 22.4 Å². The van der Waals surface area contributed by atoms with Crippen molar-refractivity contribution in [1.29, 1.82) is 0 Å². The first-order valence-corrected chi connectivity index (χ1v) is 14.3. The Bertz CT molecular complexity index is 1490. The number of fused-ring (bicyclic) bond motifs is 1. The molecule has 6 rings (SSSR count). The van der Waals surface area contributed by atoms with E-state index in [4.69, 9.17) is 14.6 Å². The molecular formula is C32H36N6O3. The maximum Gasteiger partial charge on any atom is 0.169 e. The van der Waals surface area contributed by atoms with Gasteiger partial charge in [0.25, 0.3) is 0 Å². The third kappa shape index (κ3) is 6.22. The molecule has 0 spiro atoms. The number of aliphatic hydroxyl groups is 1. The molecule has 0 saturated carbocycles. The van der Waals surface area contributed by atoms with E-state index in [0.717, 1.165) is 49.4 Å². The summed E-state index contributed by atoms with van der Waals surface area (Å²) in [5, 5.41) is 22.8. The number of oxime groups is 1. The van der Waals surface area contributed by atoms with E-state index in [1.54, 1.807) is 10.9 Å². The Morgan fingerprint density at radius 3 is 2.59 bits per heavy atom. The van der Waals surface area contributed by atoms with Gasteiger partial charge in [0.2, 0.25) is 0 Å². The number of benzene rings is 2. The molecule has 3 atom stereocenters. The van der Waals surface area contributed by atoms with E-state index in [2.05, 4.69) is 75.0 Å². The molecule has 0 amide bonds. The third-order valence-electron chi connectivity index (χ3n) is 7.84. The number of rotatable bonds is 9. The molecule has 2 aliphatic heterocycles. The molecule has 9 nitrogen and oxygen atoms in total. The second-order valence-corrected chi connectivity index (χ2v) is 10.9. The van der Waals surface area contributed by atoms with Gasteiger partial charge in [-0.1, -0.05) is 71.0 Å². The second-order valence-electron chi connectivity index (χ2n) is 10.9. The van der Waals surface area contributed by atoms with E-state index in [0.29, 0.717) is 18.9 Å².